The Hall–Kier alpha value is -1.06. The van der Waals surface area contributed by atoms with Crippen molar-refractivity contribution in [3.8, 4) is 0 Å². The number of aryl methyl sites for hydroxylation is 2. The summed E-state index contributed by atoms with van der Waals surface area (Å²) in [5.74, 6) is 0. The average Bonchev–Trinajstić information content (AvgIpc) is 2.74. The van der Waals surface area contributed by atoms with Crippen LogP contribution >= 0.6 is 0 Å². The fourth-order valence-corrected chi connectivity index (χ4v) is 2.94. The van der Waals surface area contributed by atoms with Gasteiger partial charge >= 0.3 is 0 Å². The van der Waals surface area contributed by atoms with Crippen LogP contribution in [-0.4, -0.2) is 44.2 Å². The zero-order valence-electron chi connectivity index (χ0n) is 12.0. The Morgan fingerprint density at radius 3 is 2.56 bits per heavy atom. The van der Waals surface area contributed by atoms with Crippen molar-refractivity contribution >= 4 is 5.69 Å². The quantitative estimate of drug-likeness (QED) is 0.883. The maximum absolute atomic E-state index is 6.00. The summed E-state index contributed by atoms with van der Waals surface area (Å²) in [6.07, 6.45) is 1.14. The van der Waals surface area contributed by atoms with E-state index in [-0.39, 0.29) is 5.54 Å². The Kier molecular flexibility index (Phi) is 3.64. The first-order valence-corrected chi connectivity index (χ1v) is 6.68. The van der Waals surface area contributed by atoms with Gasteiger partial charge in [0, 0.05) is 25.3 Å². The van der Waals surface area contributed by atoms with Crippen LogP contribution in [0.15, 0.2) is 18.2 Å². The van der Waals surface area contributed by atoms with E-state index in [2.05, 4.69) is 55.9 Å². The molecule has 2 N–H and O–H groups in total. The van der Waals surface area contributed by atoms with E-state index >= 15 is 0 Å². The molecule has 0 aliphatic carbocycles. The van der Waals surface area contributed by atoms with Gasteiger partial charge in [-0.1, -0.05) is 17.7 Å². The lowest BCUT2D eigenvalue weighted by molar-refractivity contribution is 0.184. The highest BCUT2D eigenvalue weighted by atomic mass is 15.3. The third-order valence-electron chi connectivity index (χ3n) is 4.35. The van der Waals surface area contributed by atoms with Crippen molar-refractivity contribution in [1.29, 1.82) is 0 Å². The molecule has 3 heteroatoms. The average molecular weight is 247 g/mol. The van der Waals surface area contributed by atoms with Gasteiger partial charge in [-0.05, 0) is 46.0 Å². The van der Waals surface area contributed by atoms with E-state index in [4.69, 9.17) is 5.73 Å². The molecule has 0 saturated carbocycles. The maximum Gasteiger partial charge on any atom is 0.0518 e. The molecule has 1 saturated heterocycles. The molecule has 0 aromatic heterocycles. The number of benzene rings is 1. The largest absolute Gasteiger partial charge is 0.369 e. The van der Waals surface area contributed by atoms with Gasteiger partial charge in [-0.15, -0.1) is 0 Å². The lowest BCUT2D eigenvalue weighted by Gasteiger charge is -2.35. The van der Waals surface area contributed by atoms with Gasteiger partial charge in [0.05, 0.1) is 5.54 Å². The van der Waals surface area contributed by atoms with Crippen LogP contribution < -0.4 is 10.6 Å². The summed E-state index contributed by atoms with van der Waals surface area (Å²) in [5, 5.41) is 0. The molecule has 3 nitrogen and oxygen atoms in total. The molecule has 1 aromatic rings. The third kappa shape index (κ3) is 2.25. The third-order valence-corrected chi connectivity index (χ3v) is 4.35. The summed E-state index contributed by atoms with van der Waals surface area (Å²) < 4.78 is 0. The molecular formula is C15H25N3. The lowest BCUT2D eigenvalue weighted by Crippen LogP contribution is -2.52. The molecule has 0 radical (unpaired) electrons. The Balaban J connectivity index is 2.22. The minimum Gasteiger partial charge on any atom is -0.369 e. The smallest absolute Gasteiger partial charge is 0.0518 e. The van der Waals surface area contributed by atoms with Crippen molar-refractivity contribution in [2.24, 2.45) is 5.73 Å². The van der Waals surface area contributed by atoms with Crippen molar-refractivity contribution < 1.29 is 0 Å². The van der Waals surface area contributed by atoms with Crippen molar-refractivity contribution in [2.75, 3.05) is 38.6 Å². The van der Waals surface area contributed by atoms with E-state index in [1.807, 2.05) is 0 Å². The molecule has 1 atom stereocenters. The second-order valence-electron chi connectivity index (χ2n) is 5.78. The number of rotatable bonds is 3. The van der Waals surface area contributed by atoms with Crippen LogP contribution in [0.3, 0.4) is 0 Å². The van der Waals surface area contributed by atoms with Gasteiger partial charge in [0.25, 0.3) is 0 Å². The number of hydrogen-bond acceptors (Lipinski definition) is 3. The summed E-state index contributed by atoms with van der Waals surface area (Å²) >= 11 is 0. The molecule has 1 heterocycles. The summed E-state index contributed by atoms with van der Waals surface area (Å²) in [6.45, 7) is 7.19. The number of likely N-dealkylation sites (N-methyl/N-ethyl adjacent to an activating group) is 1. The van der Waals surface area contributed by atoms with E-state index in [1.165, 1.54) is 16.8 Å². The second-order valence-corrected chi connectivity index (χ2v) is 5.78. The first-order valence-electron chi connectivity index (χ1n) is 6.68. The molecule has 1 aliphatic heterocycles. The zero-order valence-corrected chi connectivity index (χ0v) is 12.0. The monoisotopic (exact) mass is 247 g/mol. The zero-order chi connectivity index (χ0) is 13.3. The molecule has 0 amide bonds. The number of hydrogen-bond donors (Lipinski definition) is 1. The number of nitrogens with zero attached hydrogens (tertiary/aromatic N) is 2. The predicted molar refractivity (Wildman–Crippen MR) is 78.2 cm³/mol. The maximum atomic E-state index is 6.00. The molecule has 100 valence electrons. The van der Waals surface area contributed by atoms with E-state index in [0.717, 1.165) is 26.1 Å². The number of nitrogens with two attached hydrogens (primary N) is 1. The standard InChI is InChI=1S/C15H25N3/c1-12-5-6-14(13(2)9-12)18-8-7-15(10-16,11-18)17(3)4/h5-6,9H,7-8,10-11,16H2,1-4H3. The fourth-order valence-electron chi connectivity index (χ4n) is 2.94. The van der Waals surface area contributed by atoms with Gasteiger partial charge in [0.15, 0.2) is 0 Å². The van der Waals surface area contributed by atoms with E-state index < -0.39 is 0 Å². The topological polar surface area (TPSA) is 32.5 Å². The van der Waals surface area contributed by atoms with Gasteiger partial charge in [-0.2, -0.15) is 0 Å². The Labute approximate surface area is 111 Å². The highest BCUT2D eigenvalue weighted by molar-refractivity contribution is 5.55. The van der Waals surface area contributed by atoms with Crippen LogP contribution in [0.25, 0.3) is 0 Å². The molecule has 1 aliphatic rings. The second kappa shape index (κ2) is 4.90. The molecule has 1 unspecified atom stereocenters. The summed E-state index contributed by atoms with van der Waals surface area (Å²) in [6, 6.07) is 6.70. The van der Waals surface area contributed by atoms with Crippen LogP contribution in [-0.2, 0) is 0 Å². The Morgan fingerprint density at radius 2 is 2.06 bits per heavy atom. The summed E-state index contributed by atoms with van der Waals surface area (Å²) in [7, 11) is 4.27. The molecule has 2 rings (SSSR count). The van der Waals surface area contributed by atoms with Gasteiger partial charge < -0.3 is 15.5 Å². The van der Waals surface area contributed by atoms with Gasteiger partial charge in [-0.3, -0.25) is 0 Å². The van der Waals surface area contributed by atoms with Crippen LogP contribution in [0.1, 0.15) is 17.5 Å². The molecule has 1 aromatic carbocycles. The molecular weight excluding hydrogens is 222 g/mol. The fraction of sp³-hybridized carbons (Fsp3) is 0.600. The van der Waals surface area contributed by atoms with Crippen molar-refractivity contribution in [3.63, 3.8) is 0 Å². The molecule has 0 spiro atoms. The summed E-state index contributed by atoms with van der Waals surface area (Å²) in [5.41, 5.74) is 10.2. The van der Waals surface area contributed by atoms with Crippen LogP contribution in [0.4, 0.5) is 5.69 Å². The minimum absolute atomic E-state index is 0.136. The Morgan fingerprint density at radius 1 is 1.33 bits per heavy atom. The number of anilines is 1. The molecule has 0 bridgehead atoms. The minimum atomic E-state index is 0.136. The highest BCUT2D eigenvalue weighted by Crippen LogP contribution is 2.31. The van der Waals surface area contributed by atoms with Crippen molar-refractivity contribution in [2.45, 2.75) is 25.8 Å². The van der Waals surface area contributed by atoms with E-state index in [0.29, 0.717) is 0 Å². The van der Waals surface area contributed by atoms with Crippen LogP contribution in [0.5, 0.6) is 0 Å². The van der Waals surface area contributed by atoms with Crippen LogP contribution in [0.2, 0.25) is 0 Å². The van der Waals surface area contributed by atoms with E-state index in [9.17, 15) is 0 Å². The van der Waals surface area contributed by atoms with Crippen molar-refractivity contribution in [1.82, 2.24) is 4.90 Å². The molecule has 18 heavy (non-hydrogen) atoms. The highest BCUT2D eigenvalue weighted by Gasteiger charge is 2.39. The predicted octanol–water partition coefficient (Wildman–Crippen LogP) is 1.77. The van der Waals surface area contributed by atoms with E-state index in [1.54, 1.807) is 0 Å². The molecule has 1 fully saturated rings. The van der Waals surface area contributed by atoms with Gasteiger partial charge in [-0.25, -0.2) is 0 Å². The first-order chi connectivity index (χ1) is 8.48. The van der Waals surface area contributed by atoms with Crippen molar-refractivity contribution in [3.05, 3.63) is 29.3 Å². The SMILES string of the molecule is Cc1ccc(N2CCC(CN)(N(C)C)C2)c(C)c1. The van der Waals surface area contributed by atoms with Crippen LogP contribution in [0, 0.1) is 13.8 Å². The normalized spacial score (nSPS) is 24.0. The lowest BCUT2D eigenvalue weighted by atomic mass is 9.97. The first kappa shape index (κ1) is 13.4. The Bertz CT molecular complexity index is 428. The van der Waals surface area contributed by atoms with Gasteiger partial charge in [0.1, 0.15) is 0 Å². The van der Waals surface area contributed by atoms with Gasteiger partial charge in [0.2, 0.25) is 0 Å². The summed E-state index contributed by atoms with van der Waals surface area (Å²) in [4.78, 5) is 4.76.